The third-order valence-corrected chi connectivity index (χ3v) is 18.9. The summed E-state index contributed by atoms with van der Waals surface area (Å²) in [7, 11) is -4.00. The van der Waals surface area contributed by atoms with Gasteiger partial charge in [-0.1, -0.05) is 117 Å². The fraction of sp³-hybridized carbons (Fsp3) is 0.455. The summed E-state index contributed by atoms with van der Waals surface area (Å²) in [6.45, 7) is 14.2. The van der Waals surface area contributed by atoms with Crippen molar-refractivity contribution < 1.29 is 4.43 Å². The first-order valence-electron chi connectivity index (χ1n) is 9.61. The van der Waals surface area contributed by atoms with Crippen LogP contribution in [0.15, 0.2) is 60.7 Å². The Bertz CT molecular complexity index is 626. The van der Waals surface area contributed by atoms with Crippen LogP contribution in [0.25, 0.3) is 0 Å². The van der Waals surface area contributed by atoms with Crippen molar-refractivity contribution in [3.05, 3.63) is 60.7 Å². The van der Waals surface area contributed by atoms with Crippen molar-refractivity contribution in [1.29, 1.82) is 0 Å². The molecule has 0 spiro atoms. The van der Waals surface area contributed by atoms with Crippen molar-refractivity contribution in [2.24, 2.45) is 5.92 Å². The van der Waals surface area contributed by atoms with Gasteiger partial charge in [0.15, 0.2) is 0 Å². The molecule has 0 radical (unpaired) electrons. The molecule has 2 rings (SSSR count). The van der Waals surface area contributed by atoms with E-state index in [9.17, 15) is 0 Å². The van der Waals surface area contributed by atoms with Gasteiger partial charge in [0.25, 0.3) is 0 Å². The van der Waals surface area contributed by atoms with E-state index in [0.29, 0.717) is 10.7 Å². The third-order valence-electron chi connectivity index (χ3n) is 5.05. The molecule has 2 atom stereocenters. The number of hydrogen-bond acceptors (Lipinski definition) is 1. The molecule has 26 heavy (non-hydrogen) atoms. The lowest BCUT2D eigenvalue weighted by molar-refractivity contribution is 0.143. The van der Waals surface area contributed by atoms with Crippen LogP contribution >= 0.6 is 15.9 Å². The zero-order valence-electron chi connectivity index (χ0n) is 17.0. The summed E-state index contributed by atoms with van der Waals surface area (Å²) >= 11 is 3.76. The predicted octanol–water partition coefficient (Wildman–Crippen LogP) is 5.38. The minimum atomic E-state index is -2.32. The van der Waals surface area contributed by atoms with Crippen molar-refractivity contribution in [3.8, 4) is 0 Å². The lowest BCUT2D eigenvalue weighted by atomic mass is 10.0. The highest BCUT2D eigenvalue weighted by molar-refractivity contribution is 9.09. The lowest BCUT2D eigenvalue weighted by Crippen LogP contribution is -2.76. The van der Waals surface area contributed by atoms with Crippen molar-refractivity contribution in [2.75, 3.05) is 0 Å². The first-order valence-corrected chi connectivity index (χ1v) is 16.9. The molecule has 0 bridgehead atoms. The molecule has 1 unspecified atom stereocenters. The highest BCUT2D eigenvalue weighted by atomic mass is 79.9. The van der Waals surface area contributed by atoms with Crippen LogP contribution in [0.1, 0.15) is 27.2 Å². The first-order chi connectivity index (χ1) is 12.2. The third kappa shape index (κ3) is 4.77. The van der Waals surface area contributed by atoms with E-state index in [4.69, 9.17) is 4.43 Å². The Morgan fingerprint density at radius 1 is 0.808 bits per heavy atom. The molecule has 0 fully saturated rings. The van der Waals surface area contributed by atoms with E-state index in [1.807, 2.05) is 0 Å². The SMILES string of the molecule is CC(Br)C[C@H](O[Si](c1ccccc1)(c1ccccc1)[Si](C)(C)C)C(C)C. The molecule has 0 aliphatic carbocycles. The summed E-state index contributed by atoms with van der Waals surface area (Å²) in [4.78, 5) is 0.454. The minimum Gasteiger partial charge on any atom is -0.408 e. The van der Waals surface area contributed by atoms with Gasteiger partial charge in [-0.3, -0.25) is 0 Å². The van der Waals surface area contributed by atoms with Crippen LogP contribution < -0.4 is 10.4 Å². The monoisotopic (exact) mass is 448 g/mol. The Hall–Kier alpha value is -0.686. The molecule has 2 aromatic rings. The van der Waals surface area contributed by atoms with Gasteiger partial charge in [-0.25, -0.2) is 0 Å². The molecule has 0 amide bonds. The highest BCUT2D eigenvalue weighted by Gasteiger charge is 2.52. The minimum absolute atomic E-state index is 0.253. The Kier molecular flexibility index (Phi) is 7.48. The molecule has 0 aliphatic heterocycles. The van der Waals surface area contributed by atoms with Gasteiger partial charge in [0.05, 0.1) is 7.59 Å². The van der Waals surface area contributed by atoms with Crippen LogP contribution in [0.3, 0.4) is 0 Å². The molecular formula is C22H33BrOSi2. The Labute approximate surface area is 170 Å². The van der Waals surface area contributed by atoms with Gasteiger partial charge in [-0.2, -0.15) is 0 Å². The number of rotatable bonds is 8. The average molecular weight is 450 g/mol. The van der Waals surface area contributed by atoms with Gasteiger partial charge in [0, 0.05) is 10.9 Å². The lowest BCUT2D eigenvalue weighted by Gasteiger charge is -2.45. The number of hydrogen-bond donors (Lipinski definition) is 0. The maximum atomic E-state index is 7.32. The molecule has 0 heterocycles. The van der Waals surface area contributed by atoms with Crippen molar-refractivity contribution in [3.63, 3.8) is 0 Å². The summed E-state index contributed by atoms with van der Waals surface area (Å²) in [5.41, 5.74) is 0. The fourth-order valence-electron chi connectivity index (χ4n) is 3.69. The smallest absolute Gasteiger partial charge is 0.240 e. The average Bonchev–Trinajstić information content (AvgIpc) is 2.58. The Morgan fingerprint density at radius 3 is 1.54 bits per heavy atom. The molecule has 0 aliphatic rings. The van der Waals surface area contributed by atoms with Gasteiger partial charge in [0.1, 0.15) is 0 Å². The van der Waals surface area contributed by atoms with Crippen LogP contribution in [0.2, 0.25) is 19.6 Å². The normalized spacial score (nSPS) is 15.1. The van der Waals surface area contributed by atoms with Gasteiger partial charge in [-0.05, 0) is 22.7 Å². The quantitative estimate of drug-likeness (QED) is 0.389. The second-order valence-electron chi connectivity index (χ2n) is 8.58. The van der Waals surface area contributed by atoms with Crippen molar-refractivity contribution in [1.82, 2.24) is 0 Å². The zero-order valence-corrected chi connectivity index (χ0v) is 20.6. The number of alkyl halides is 1. The van der Waals surface area contributed by atoms with Crippen molar-refractivity contribution in [2.45, 2.75) is 57.8 Å². The summed E-state index contributed by atoms with van der Waals surface area (Å²) in [5, 5.41) is 2.83. The molecule has 2 aromatic carbocycles. The summed E-state index contributed by atoms with van der Waals surface area (Å²) in [6.07, 6.45) is 1.29. The van der Waals surface area contributed by atoms with Crippen LogP contribution in [-0.4, -0.2) is 26.4 Å². The maximum Gasteiger partial charge on any atom is 0.240 e. The number of halogens is 1. The molecule has 0 saturated carbocycles. The molecular weight excluding hydrogens is 416 g/mol. The summed E-state index contributed by atoms with van der Waals surface area (Å²) in [5.74, 6) is 0.491. The van der Waals surface area contributed by atoms with Crippen molar-refractivity contribution >= 4 is 41.7 Å². The molecule has 1 nitrogen and oxygen atoms in total. The largest absolute Gasteiger partial charge is 0.408 e. The standard InChI is InChI=1S/C22H33BrOSi2/c1-18(2)22(17-19(3)23)24-26(25(4,5)6,20-13-9-7-10-14-20)21-15-11-8-12-16-21/h7-16,18-19,22H,17H2,1-6H3/t19?,22-/m0/s1. The first kappa shape index (κ1) is 21.6. The second kappa shape index (κ2) is 9.00. The summed E-state index contributed by atoms with van der Waals surface area (Å²) < 4.78 is 7.32. The van der Waals surface area contributed by atoms with E-state index in [2.05, 4.69) is 117 Å². The van der Waals surface area contributed by atoms with Gasteiger partial charge < -0.3 is 4.43 Å². The van der Waals surface area contributed by atoms with E-state index in [-0.39, 0.29) is 6.10 Å². The van der Waals surface area contributed by atoms with Gasteiger partial charge >= 0.3 is 0 Å². The van der Waals surface area contributed by atoms with E-state index >= 15 is 0 Å². The maximum absolute atomic E-state index is 7.32. The van der Waals surface area contributed by atoms with Crippen LogP contribution in [0.5, 0.6) is 0 Å². The Morgan fingerprint density at radius 2 is 1.23 bits per heavy atom. The molecule has 0 aromatic heterocycles. The summed E-state index contributed by atoms with van der Waals surface area (Å²) in [6, 6.07) is 22.1. The molecule has 4 heteroatoms. The van der Waals surface area contributed by atoms with E-state index in [1.165, 1.54) is 10.4 Å². The predicted molar refractivity (Wildman–Crippen MR) is 124 cm³/mol. The Balaban J connectivity index is 2.67. The van der Waals surface area contributed by atoms with Crippen LogP contribution in [0.4, 0.5) is 0 Å². The molecule has 0 saturated heterocycles. The van der Waals surface area contributed by atoms with E-state index in [1.54, 1.807) is 0 Å². The van der Waals surface area contributed by atoms with Gasteiger partial charge in [0.2, 0.25) is 7.83 Å². The van der Waals surface area contributed by atoms with Gasteiger partial charge in [-0.15, -0.1) is 0 Å². The highest BCUT2D eigenvalue weighted by Crippen LogP contribution is 2.27. The zero-order chi connectivity index (χ0) is 19.4. The molecule has 0 N–H and O–H groups in total. The van der Waals surface area contributed by atoms with E-state index < -0.39 is 15.4 Å². The topological polar surface area (TPSA) is 9.23 Å². The van der Waals surface area contributed by atoms with Crippen LogP contribution in [-0.2, 0) is 4.43 Å². The fourth-order valence-corrected chi connectivity index (χ4v) is 16.6. The van der Waals surface area contributed by atoms with Crippen LogP contribution in [0, 0.1) is 5.92 Å². The second-order valence-corrected chi connectivity index (χ2v) is 24.0. The van der Waals surface area contributed by atoms with E-state index in [0.717, 1.165) is 6.42 Å². The number of benzene rings is 2. The molecule has 142 valence electrons.